The number of rotatable bonds is 7. The lowest BCUT2D eigenvalue weighted by Gasteiger charge is -2.22. The van der Waals surface area contributed by atoms with Crippen LogP contribution in [-0.2, 0) is 4.74 Å². The molecule has 132 valence electrons. The van der Waals surface area contributed by atoms with Gasteiger partial charge in [0.2, 0.25) is 0 Å². The van der Waals surface area contributed by atoms with Crippen LogP contribution in [0.25, 0.3) is 0 Å². The Morgan fingerprint density at radius 1 is 1.20 bits per heavy atom. The summed E-state index contributed by atoms with van der Waals surface area (Å²) in [7, 11) is 1.57. The van der Waals surface area contributed by atoms with Gasteiger partial charge in [-0.3, -0.25) is 14.9 Å². The lowest BCUT2D eigenvalue weighted by atomic mass is 10.0. The van der Waals surface area contributed by atoms with Gasteiger partial charge >= 0.3 is 0 Å². The highest BCUT2D eigenvalue weighted by atomic mass is 35.5. The van der Waals surface area contributed by atoms with Crippen LogP contribution in [0.15, 0.2) is 48.5 Å². The summed E-state index contributed by atoms with van der Waals surface area (Å²) in [4.78, 5) is 22.3. The molecule has 2 aromatic rings. The third kappa shape index (κ3) is 5.01. The van der Waals surface area contributed by atoms with Gasteiger partial charge in [-0.25, -0.2) is 0 Å². The van der Waals surface area contributed by atoms with Crippen LogP contribution in [0.5, 0.6) is 0 Å². The van der Waals surface area contributed by atoms with Gasteiger partial charge in [0.25, 0.3) is 11.6 Å². The Morgan fingerprint density at radius 3 is 2.32 bits per heavy atom. The average Bonchev–Trinajstić information content (AvgIpc) is 2.62. The van der Waals surface area contributed by atoms with E-state index in [4.69, 9.17) is 16.3 Å². The Bertz CT molecular complexity index is 732. The fraction of sp³-hybridized carbons (Fsp3) is 0.278. The van der Waals surface area contributed by atoms with Crippen molar-refractivity contribution in [2.45, 2.75) is 18.4 Å². The molecule has 1 N–H and O–H groups in total. The first-order chi connectivity index (χ1) is 11.9. The van der Waals surface area contributed by atoms with E-state index >= 15 is 0 Å². The molecule has 0 aliphatic heterocycles. The van der Waals surface area contributed by atoms with Crippen LogP contribution >= 0.6 is 11.6 Å². The maximum atomic E-state index is 12.1. The number of nitrogens with one attached hydrogen (secondary N) is 1. The number of benzene rings is 2. The van der Waals surface area contributed by atoms with Gasteiger partial charge in [-0.05, 0) is 24.6 Å². The number of ether oxygens (including phenoxy) is 1. The van der Waals surface area contributed by atoms with Gasteiger partial charge in [0.05, 0.1) is 10.3 Å². The second-order valence-corrected chi connectivity index (χ2v) is 6.16. The zero-order valence-electron chi connectivity index (χ0n) is 13.9. The van der Waals surface area contributed by atoms with Gasteiger partial charge in [0.15, 0.2) is 0 Å². The smallest absolute Gasteiger partial charge is 0.269 e. The molecule has 0 saturated carbocycles. The van der Waals surface area contributed by atoms with E-state index in [0.29, 0.717) is 5.56 Å². The van der Waals surface area contributed by atoms with Gasteiger partial charge in [-0.15, -0.1) is 11.6 Å². The first-order valence-electron chi connectivity index (χ1n) is 7.68. The number of nitro benzene ring substituents is 1. The predicted molar refractivity (Wildman–Crippen MR) is 96.0 cm³/mol. The molecule has 2 atom stereocenters. The summed E-state index contributed by atoms with van der Waals surface area (Å²) in [6.07, 6.45) is -0.362. The molecule has 25 heavy (non-hydrogen) atoms. The van der Waals surface area contributed by atoms with Crippen molar-refractivity contribution in [1.82, 2.24) is 5.32 Å². The molecule has 0 radical (unpaired) electrons. The normalized spacial score (nSPS) is 13.1. The van der Waals surface area contributed by atoms with Crippen LogP contribution < -0.4 is 5.32 Å². The number of non-ortho nitro benzene ring substituents is 1. The maximum Gasteiger partial charge on any atom is 0.269 e. The number of hydrogen-bond acceptors (Lipinski definition) is 4. The maximum absolute atomic E-state index is 12.1. The van der Waals surface area contributed by atoms with Crippen molar-refractivity contribution in [2.75, 3.05) is 13.7 Å². The summed E-state index contributed by atoms with van der Waals surface area (Å²) in [6.45, 7) is 2.19. The zero-order chi connectivity index (χ0) is 18.4. The van der Waals surface area contributed by atoms with Crippen LogP contribution in [0.3, 0.4) is 0 Å². The molecule has 1 amide bonds. The molecule has 0 aromatic heterocycles. The fourth-order valence-corrected chi connectivity index (χ4v) is 2.71. The van der Waals surface area contributed by atoms with Crippen molar-refractivity contribution in [3.05, 3.63) is 75.3 Å². The number of nitrogens with zero attached hydrogens (tertiary/aromatic N) is 1. The molecule has 0 fully saturated rings. The summed E-state index contributed by atoms with van der Waals surface area (Å²) in [5, 5.41) is 12.9. The molecule has 7 heteroatoms. The lowest BCUT2D eigenvalue weighted by molar-refractivity contribution is -0.384. The van der Waals surface area contributed by atoms with Gasteiger partial charge < -0.3 is 10.1 Å². The standard InChI is InChI=1S/C18H19ClN2O4/c1-12-3-5-13(6-4-12)17(25-2)16(19)11-20-18(22)14-7-9-15(10-8-14)21(23)24/h3-10,16-17H,11H2,1-2H3,(H,20,22)/t16-,17+/m1/s1. The molecule has 0 saturated heterocycles. The second-order valence-electron chi connectivity index (χ2n) is 5.60. The minimum atomic E-state index is -0.513. The monoisotopic (exact) mass is 362 g/mol. The van der Waals surface area contributed by atoms with Crippen molar-refractivity contribution in [3.8, 4) is 0 Å². The van der Waals surface area contributed by atoms with E-state index in [9.17, 15) is 14.9 Å². The Labute approximate surface area is 150 Å². The predicted octanol–water partition coefficient (Wildman–Crippen LogP) is 3.63. The molecule has 6 nitrogen and oxygen atoms in total. The zero-order valence-corrected chi connectivity index (χ0v) is 14.7. The topological polar surface area (TPSA) is 81.5 Å². The number of aryl methyl sites for hydroxylation is 1. The highest BCUT2D eigenvalue weighted by Gasteiger charge is 2.22. The van der Waals surface area contributed by atoms with E-state index in [-0.39, 0.29) is 24.2 Å². The van der Waals surface area contributed by atoms with E-state index in [1.165, 1.54) is 24.3 Å². The summed E-state index contributed by atoms with van der Waals surface area (Å²) >= 11 is 6.39. The van der Waals surface area contributed by atoms with Crippen molar-refractivity contribution in [2.24, 2.45) is 0 Å². The van der Waals surface area contributed by atoms with Gasteiger partial charge in [0, 0.05) is 31.4 Å². The number of halogens is 1. The minimum absolute atomic E-state index is 0.0643. The minimum Gasteiger partial charge on any atom is -0.375 e. The Morgan fingerprint density at radius 2 is 1.80 bits per heavy atom. The molecule has 0 heterocycles. The first kappa shape index (κ1) is 18.9. The Kier molecular flexibility index (Phi) is 6.50. The summed E-state index contributed by atoms with van der Waals surface area (Å²) in [6, 6.07) is 13.2. The number of alkyl halides is 1. The molecule has 0 unspecified atom stereocenters. The van der Waals surface area contributed by atoms with Gasteiger partial charge in [-0.1, -0.05) is 29.8 Å². The SMILES string of the molecule is CO[C@@H](c1ccc(C)cc1)[C@H](Cl)CNC(=O)c1ccc([N+](=O)[O-])cc1. The van der Waals surface area contributed by atoms with E-state index in [0.717, 1.165) is 11.1 Å². The summed E-state index contributed by atoms with van der Waals surface area (Å²) in [5.74, 6) is -0.348. The number of carbonyl (C=O) groups excluding carboxylic acids is 1. The molecular weight excluding hydrogens is 344 g/mol. The third-order valence-corrected chi connectivity index (χ3v) is 4.17. The Balaban J connectivity index is 1.97. The van der Waals surface area contributed by atoms with Crippen LogP contribution in [0.4, 0.5) is 5.69 Å². The van der Waals surface area contributed by atoms with Crippen LogP contribution in [0, 0.1) is 17.0 Å². The average molecular weight is 363 g/mol. The molecule has 0 bridgehead atoms. The van der Waals surface area contributed by atoms with Crippen LogP contribution in [0.2, 0.25) is 0 Å². The largest absolute Gasteiger partial charge is 0.375 e. The fourth-order valence-electron chi connectivity index (χ4n) is 2.38. The molecule has 0 aliphatic carbocycles. The highest BCUT2D eigenvalue weighted by Crippen LogP contribution is 2.24. The first-order valence-corrected chi connectivity index (χ1v) is 8.12. The summed E-state index contributed by atoms with van der Waals surface area (Å²) < 4.78 is 5.46. The molecule has 2 aromatic carbocycles. The van der Waals surface area contributed by atoms with Crippen molar-refractivity contribution < 1.29 is 14.5 Å². The van der Waals surface area contributed by atoms with E-state index < -0.39 is 10.3 Å². The third-order valence-electron chi connectivity index (χ3n) is 3.79. The molecule has 0 spiro atoms. The van der Waals surface area contributed by atoms with Crippen molar-refractivity contribution in [1.29, 1.82) is 0 Å². The van der Waals surface area contributed by atoms with Crippen LogP contribution in [0.1, 0.15) is 27.6 Å². The van der Waals surface area contributed by atoms with E-state index in [1.807, 2.05) is 31.2 Å². The summed E-state index contributed by atoms with van der Waals surface area (Å²) in [5.41, 5.74) is 2.33. The van der Waals surface area contributed by atoms with Crippen molar-refractivity contribution >= 4 is 23.2 Å². The second kappa shape index (κ2) is 8.60. The highest BCUT2D eigenvalue weighted by molar-refractivity contribution is 6.21. The number of amides is 1. The number of nitro groups is 1. The quantitative estimate of drug-likeness (QED) is 0.463. The van der Waals surface area contributed by atoms with Crippen LogP contribution in [-0.4, -0.2) is 29.9 Å². The number of methoxy groups -OCH3 is 1. The van der Waals surface area contributed by atoms with Gasteiger partial charge in [0.1, 0.15) is 6.10 Å². The Hall–Kier alpha value is -2.44. The van der Waals surface area contributed by atoms with E-state index in [2.05, 4.69) is 5.32 Å². The molecule has 2 rings (SSSR count). The number of carbonyl (C=O) groups is 1. The van der Waals surface area contributed by atoms with Gasteiger partial charge in [-0.2, -0.15) is 0 Å². The molecular formula is C18H19ClN2O4. The van der Waals surface area contributed by atoms with Crippen molar-refractivity contribution in [3.63, 3.8) is 0 Å². The molecule has 0 aliphatic rings. The van der Waals surface area contributed by atoms with E-state index in [1.54, 1.807) is 7.11 Å². The lowest BCUT2D eigenvalue weighted by Crippen LogP contribution is -2.33. The number of hydrogen-bond donors (Lipinski definition) is 1.